The van der Waals surface area contributed by atoms with Crippen molar-refractivity contribution >= 4 is 39.2 Å². The third-order valence-electron chi connectivity index (χ3n) is 5.03. The summed E-state index contributed by atoms with van der Waals surface area (Å²) >= 11 is 1.59. The molecule has 1 amide bonds. The predicted molar refractivity (Wildman–Crippen MR) is 108 cm³/mol. The predicted octanol–water partition coefficient (Wildman–Crippen LogP) is 2.67. The van der Waals surface area contributed by atoms with Gasteiger partial charge < -0.3 is 14.9 Å². The first-order valence-electron chi connectivity index (χ1n) is 9.15. The zero-order valence-electron chi connectivity index (χ0n) is 15.2. The number of benzene rings is 1. The first-order valence-corrected chi connectivity index (χ1v) is 10.0. The molecule has 4 rings (SSSR count). The van der Waals surface area contributed by atoms with Crippen LogP contribution >= 0.6 is 11.3 Å². The highest BCUT2D eigenvalue weighted by atomic mass is 32.1. The summed E-state index contributed by atoms with van der Waals surface area (Å²) in [6.07, 6.45) is 2.33. The average molecular weight is 396 g/mol. The van der Waals surface area contributed by atoms with Crippen LogP contribution < -0.4 is 4.90 Å². The Bertz CT molecular complexity index is 1010. The number of aromatic carboxylic acids is 1. The summed E-state index contributed by atoms with van der Waals surface area (Å²) in [7, 11) is 0. The smallest absolute Gasteiger partial charge is 0.335 e. The number of carboxylic acid groups (broad SMARTS) is 1. The number of aromatic nitrogens is 2. The molecule has 7 nitrogen and oxygen atoms in total. The van der Waals surface area contributed by atoms with Gasteiger partial charge in [0.05, 0.1) is 10.9 Å². The van der Waals surface area contributed by atoms with Crippen LogP contribution in [0.4, 0.5) is 5.82 Å². The first kappa shape index (κ1) is 18.4. The number of aryl methyl sites for hydroxylation is 1. The molecule has 0 radical (unpaired) electrons. The lowest BCUT2D eigenvalue weighted by Gasteiger charge is -2.35. The van der Waals surface area contributed by atoms with Crippen molar-refractivity contribution in [1.29, 1.82) is 0 Å². The molecule has 1 aromatic carbocycles. The van der Waals surface area contributed by atoms with Crippen molar-refractivity contribution in [2.75, 3.05) is 31.1 Å². The van der Waals surface area contributed by atoms with Crippen LogP contribution in [0.5, 0.6) is 0 Å². The minimum absolute atomic E-state index is 0.0585. The molecule has 3 aromatic rings. The maximum atomic E-state index is 12.6. The Kier molecular flexibility index (Phi) is 5.21. The fourth-order valence-corrected chi connectivity index (χ4v) is 4.27. The molecule has 3 heterocycles. The van der Waals surface area contributed by atoms with Gasteiger partial charge in [0.1, 0.15) is 17.0 Å². The van der Waals surface area contributed by atoms with Gasteiger partial charge in [0.2, 0.25) is 5.91 Å². The quantitative estimate of drug-likeness (QED) is 0.714. The second kappa shape index (κ2) is 7.93. The average Bonchev–Trinajstić information content (AvgIpc) is 3.21. The van der Waals surface area contributed by atoms with Gasteiger partial charge in [0, 0.05) is 32.6 Å². The number of carbonyl (C=O) groups is 2. The van der Waals surface area contributed by atoms with Crippen molar-refractivity contribution in [1.82, 2.24) is 14.9 Å². The van der Waals surface area contributed by atoms with Crippen LogP contribution in [0.2, 0.25) is 0 Å². The number of rotatable bonds is 5. The van der Waals surface area contributed by atoms with E-state index in [9.17, 15) is 14.7 Å². The molecule has 1 aliphatic rings. The van der Waals surface area contributed by atoms with Gasteiger partial charge in [-0.25, -0.2) is 14.8 Å². The van der Waals surface area contributed by atoms with Gasteiger partial charge in [-0.05, 0) is 29.5 Å². The Labute approximate surface area is 166 Å². The molecule has 8 heteroatoms. The molecule has 1 aliphatic heterocycles. The van der Waals surface area contributed by atoms with Gasteiger partial charge >= 0.3 is 5.97 Å². The van der Waals surface area contributed by atoms with Gasteiger partial charge in [-0.2, -0.15) is 0 Å². The molecule has 1 fully saturated rings. The van der Waals surface area contributed by atoms with E-state index in [0.717, 1.165) is 29.1 Å². The number of amides is 1. The van der Waals surface area contributed by atoms with Crippen LogP contribution in [0.25, 0.3) is 10.2 Å². The molecule has 0 atom stereocenters. The number of anilines is 1. The van der Waals surface area contributed by atoms with Crippen LogP contribution in [0.1, 0.15) is 22.3 Å². The molecular formula is C20H20N4O3S. The lowest BCUT2D eigenvalue weighted by Crippen LogP contribution is -2.49. The van der Waals surface area contributed by atoms with Gasteiger partial charge in [0.15, 0.2) is 0 Å². The van der Waals surface area contributed by atoms with Gasteiger partial charge in [0.25, 0.3) is 0 Å². The van der Waals surface area contributed by atoms with E-state index in [4.69, 9.17) is 0 Å². The fraction of sp³-hybridized carbons (Fsp3) is 0.300. The second-order valence-corrected chi connectivity index (χ2v) is 7.56. The van der Waals surface area contributed by atoms with E-state index in [1.165, 1.54) is 0 Å². The highest BCUT2D eigenvalue weighted by molar-refractivity contribution is 7.16. The SMILES string of the molecule is O=C(O)c1ccccc1CCC(=O)N1CCN(c2ncnc3sccc23)CC1. The number of nitrogens with zero attached hydrogens (tertiary/aromatic N) is 4. The minimum Gasteiger partial charge on any atom is -0.478 e. The Balaban J connectivity index is 1.36. The van der Waals surface area contributed by atoms with Crippen LogP contribution in [0.15, 0.2) is 42.0 Å². The molecule has 1 saturated heterocycles. The van der Waals surface area contributed by atoms with Crippen molar-refractivity contribution in [3.8, 4) is 0 Å². The number of carbonyl (C=O) groups excluding carboxylic acids is 1. The fourth-order valence-electron chi connectivity index (χ4n) is 3.54. The largest absolute Gasteiger partial charge is 0.478 e. The Hall–Kier alpha value is -3.00. The third-order valence-corrected chi connectivity index (χ3v) is 5.85. The van der Waals surface area contributed by atoms with E-state index in [0.29, 0.717) is 31.5 Å². The Morgan fingerprint density at radius 2 is 1.86 bits per heavy atom. The monoisotopic (exact) mass is 396 g/mol. The summed E-state index contributed by atoms with van der Waals surface area (Å²) in [6, 6.07) is 8.89. The number of hydrogen-bond acceptors (Lipinski definition) is 6. The molecule has 0 unspecified atom stereocenters. The number of fused-ring (bicyclic) bond motifs is 1. The molecule has 28 heavy (non-hydrogen) atoms. The van der Waals surface area contributed by atoms with Crippen molar-refractivity contribution < 1.29 is 14.7 Å². The molecule has 0 spiro atoms. The number of carboxylic acids is 1. The molecule has 2 aromatic heterocycles. The van der Waals surface area contributed by atoms with Crippen molar-refractivity contribution in [3.05, 3.63) is 53.2 Å². The van der Waals surface area contributed by atoms with Crippen LogP contribution in [-0.2, 0) is 11.2 Å². The van der Waals surface area contributed by atoms with Gasteiger partial charge in [-0.3, -0.25) is 4.79 Å². The summed E-state index contributed by atoms with van der Waals surface area (Å²) in [5, 5.41) is 12.3. The zero-order valence-corrected chi connectivity index (χ0v) is 16.1. The highest BCUT2D eigenvalue weighted by Gasteiger charge is 2.23. The molecular weight excluding hydrogens is 376 g/mol. The Morgan fingerprint density at radius 3 is 2.64 bits per heavy atom. The van der Waals surface area contributed by atoms with E-state index in [1.54, 1.807) is 41.9 Å². The summed E-state index contributed by atoms with van der Waals surface area (Å²) in [4.78, 5) is 37.6. The maximum absolute atomic E-state index is 12.6. The van der Waals surface area contributed by atoms with Crippen molar-refractivity contribution in [2.45, 2.75) is 12.8 Å². The molecule has 144 valence electrons. The van der Waals surface area contributed by atoms with Crippen LogP contribution in [0.3, 0.4) is 0 Å². The Morgan fingerprint density at radius 1 is 1.07 bits per heavy atom. The van der Waals surface area contributed by atoms with Gasteiger partial charge in [-0.1, -0.05) is 18.2 Å². The number of thiophene rings is 1. The molecule has 0 saturated carbocycles. The maximum Gasteiger partial charge on any atom is 0.335 e. The van der Waals surface area contributed by atoms with Crippen molar-refractivity contribution in [2.24, 2.45) is 0 Å². The lowest BCUT2D eigenvalue weighted by molar-refractivity contribution is -0.131. The summed E-state index contributed by atoms with van der Waals surface area (Å²) in [5.74, 6) is 0.0261. The molecule has 0 bridgehead atoms. The highest BCUT2D eigenvalue weighted by Crippen LogP contribution is 2.27. The summed E-state index contributed by atoms with van der Waals surface area (Å²) in [6.45, 7) is 2.71. The normalized spacial score (nSPS) is 14.4. The molecule has 0 aliphatic carbocycles. The van der Waals surface area contributed by atoms with Crippen LogP contribution in [-0.4, -0.2) is 58.0 Å². The number of hydrogen-bond donors (Lipinski definition) is 1. The summed E-state index contributed by atoms with van der Waals surface area (Å²) < 4.78 is 0. The standard InChI is InChI=1S/C20H20N4O3S/c25-17(6-5-14-3-1-2-4-15(14)20(26)27)23-8-10-24(11-9-23)18-16-7-12-28-19(16)22-13-21-18/h1-4,7,12-13H,5-6,8-11H2,(H,26,27). The third kappa shape index (κ3) is 3.68. The van der Waals surface area contributed by atoms with E-state index in [2.05, 4.69) is 14.9 Å². The van der Waals surface area contributed by atoms with Gasteiger partial charge in [-0.15, -0.1) is 11.3 Å². The summed E-state index contributed by atoms with van der Waals surface area (Å²) in [5.41, 5.74) is 0.964. The van der Waals surface area contributed by atoms with E-state index in [-0.39, 0.29) is 11.5 Å². The zero-order chi connectivity index (χ0) is 19.5. The van der Waals surface area contributed by atoms with Crippen LogP contribution in [0, 0.1) is 0 Å². The van der Waals surface area contributed by atoms with E-state index < -0.39 is 5.97 Å². The first-order chi connectivity index (χ1) is 13.6. The minimum atomic E-state index is -0.957. The molecule has 1 N–H and O–H groups in total. The number of piperazine rings is 1. The van der Waals surface area contributed by atoms with E-state index in [1.807, 2.05) is 16.3 Å². The van der Waals surface area contributed by atoms with Crippen molar-refractivity contribution in [3.63, 3.8) is 0 Å². The lowest BCUT2D eigenvalue weighted by atomic mass is 10.0. The second-order valence-electron chi connectivity index (χ2n) is 6.67. The topological polar surface area (TPSA) is 86.6 Å². The van der Waals surface area contributed by atoms with E-state index >= 15 is 0 Å².